The van der Waals surface area contributed by atoms with E-state index in [2.05, 4.69) is 148 Å². The molecule has 0 spiro atoms. The van der Waals surface area contributed by atoms with Gasteiger partial charge in [0.2, 0.25) is 0 Å². The van der Waals surface area contributed by atoms with Gasteiger partial charge in [-0.15, -0.1) is 0 Å². The van der Waals surface area contributed by atoms with Crippen LogP contribution in [-0.2, 0) is 19.1 Å². The number of esters is 2. The highest BCUT2D eigenvalue weighted by Crippen LogP contribution is 2.16. The van der Waals surface area contributed by atoms with Gasteiger partial charge >= 0.3 is 11.9 Å². The number of hydrogen-bond acceptors (Lipinski definition) is 5. The van der Waals surface area contributed by atoms with Crippen molar-refractivity contribution >= 4 is 11.9 Å². The molecular weight excluding hydrogens is 909 g/mol. The highest BCUT2D eigenvalue weighted by Gasteiger charge is 2.16. The van der Waals surface area contributed by atoms with Crippen molar-refractivity contribution < 1.29 is 24.2 Å². The Labute approximate surface area is 457 Å². The summed E-state index contributed by atoms with van der Waals surface area (Å²) in [6.45, 7) is 3.92. The molecule has 1 N–H and O–H groups in total. The molecule has 420 valence electrons. The summed E-state index contributed by atoms with van der Waals surface area (Å²) in [7, 11) is 0. The van der Waals surface area contributed by atoms with Gasteiger partial charge in [0.25, 0.3) is 0 Å². The third-order valence-corrected chi connectivity index (χ3v) is 12.9. The molecule has 0 aliphatic rings. The standard InChI is InChI=1S/C69H114O5/c1-3-5-7-9-11-13-15-17-19-21-23-25-27-29-31-33-34-36-38-40-42-44-46-48-50-52-54-56-58-60-62-64-69(72)74-67(65-70)66-73-68(71)63-61-59-57-55-53-51-49-47-45-43-41-39-37-35-32-30-28-26-24-22-20-18-16-14-12-10-8-6-4-2/h5-8,11-14,17-20,23-26,29-32,34,36,67,70H,3-4,9-10,15-16,21-22,27-28,33,35,37-66H2,1-2H3/b7-5-,8-6-,13-11-,14-12-,19-17-,20-18-,25-23-,26-24-,31-29-,32-30-,36-34-. The number of carbonyl (C=O) groups is 2. The molecule has 0 amide bonds. The second-order valence-corrected chi connectivity index (χ2v) is 20.0. The van der Waals surface area contributed by atoms with E-state index in [1.807, 2.05) is 0 Å². The van der Waals surface area contributed by atoms with E-state index in [-0.39, 0.29) is 25.2 Å². The minimum Gasteiger partial charge on any atom is -0.462 e. The number of carbonyl (C=O) groups excluding carboxylic acids is 2. The van der Waals surface area contributed by atoms with Crippen molar-refractivity contribution in [1.29, 1.82) is 0 Å². The van der Waals surface area contributed by atoms with Gasteiger partial charge in [0.05, 0.1) is 6.61 Å². The summed E-state index contributed by atoms with van der Waals surface area (Å²) in [6, 6.07) is 0. The Morgan fingerprint density at radius 2 is 0.541 bits per heavy atom. The average Bonchev–Trinajstić information content (AvgIpc) is 3.40. The summed E-state index contributed by atoms with van der Waals surface area (Å²) in [6.07, 6.45) is 94.3. The molecule has 0 saturated carbocycles. The summed E-state index contributed by atoms with van der Waals surface area (Å²) >= 11 is 0. The van der Waals surface area contributed by atoms with Crippen LogP contribution < -0.4 is 0 Å². The summed E-state index contributed by atoms with van der Waals surface area (Å²) in [4.78, 5) is 24.6. The van der Waals surface area contributed by atoms with E-state index in [1.165, 1.54) is 135 Å². The molecule has 5 heteroatoms. The first kappa shape index (κ1) is 70.0. The molecule has 0 aromatic carbocycles. The third-order valence-electron chi connectivity index (χ3n) is 12.9. The van der Waals surface area contributed by atoms with E-state index in [0.717, 1.165) is 109 Å². The molecule has 5 nitrogen and oxygen atoms in total. The molecule has 0 fully saturated rings. The Kier molecular flexibility index (Phi) is 59.9. The van der Waals surface area contributed by atoms with E-state index in [4.69, 9.17) is 9.47 Å². The van der Waals surface area contributed by atoms with Crippen LogP contribution in [0.15, 0.2) is 134 Å². The Balaban J connectivity index is 3.52. The van der Waals surface area contributed by atoms with E-state index in [0.29, 0.717) is 12.8 Å². The molecule has 0 rings (SSSR count). The molecule has 74 heavy (non-hydrogen) atoms. The number of hydrogen-bond donors (Lipinski definition) is 1. The van der Waals surface area contributed by atoms with Gasteiger partial charge in [-0.1, -0.05) is 282 Å². The van der Waals surface area contributed by atoms with Crippen LogP contribution in [0.3, 0.4) is 0 Å². The molecule has 1 unspecified atom stereocenters. The molecule has 0 aromatic heterocycles. The zero-order valence-electron chi connectivity index (χ0n) is 48.1. The lowest BCUT2D eigenvalue weighted by Gasteiger charge is -2.15. The maximum Gasteiger partial charge on any atom is 0.306 e. The van der Waals surface area contributed by atoms with E-state index in [9.17, 15) is 14.7 Å². The number of aliphatic hydroxyl groups is 1. The normalized spacial score (nSPS) is 13.2. The Hall–Kier alpha value is -3.96. The molecule has 0 heterocycles. The summed E-state index contributed by atoms with van der Waals surface area (Å²) in [5.41, 5.74) is 0. The minimum absolute atomic E-state index is 0.0729. The van der Waals surface area contributed by atoms with E-state index in [1.54, 1.807) is 0 Å². The van der Waals surface area contributed by atoms with Gasteiger partial charge in [0.15, 0.2) is 6.10 Å². The second-order valence-electron chi connectivity index (χ2n) is 20.0. The quantitative estimate of drug-likeness (QED) is 0.0373. The molecule has 0 aliphatic carbocycles. The fourth-order valence-corrected chi connectivity index (χ4v) is 8.41. The van der Waals surface area contributed by atoms with Crippen molar-refractivity contribution in [3.63, 3.8) is 0 Å². The first-order valence-electron chi connectivity index (χ1n) is 30.7. The van der Waals surface area contributed by atoms with Gasteiger partial charge in [0, 0.05) is 12.8 Å². The maximum absolute atomic E-state index is 12.3. The van der Waals surface area contributed by atoms with Crippen LogP contribution in [0.4, 0.5) is 0 Å². The minimum atomic E-state index is -0.783. The molecule has 0 saturated heterocycles. The van der Waals surface area contributed by atoms with Gasteiger partial charge in [-0.05, 0) is 109 Å². The van der Waals surface area contributed by atoms with E-state index < -0.39 is 6.10 Å². The summed E-state index contributed by atoms with van der Waals surface area (Å²) in [5.74, 6) is -0.595. The maximum atomic E-state index is 12.3. The van der Waals surface area contributed by atoms with Crippen molar-refractivity contribution in [2.75, 3.05) is 13.2 Å². The number of ether oxygens (including phenoxy) is 2. The lowest BCUT2D eigenvalue weighted by Crippen LogP contribution is -2.28. The van der Waals surface area contributed by atoms with Crippen LogP contribution in [0, 0.1) is 0 Å². The Morgan fingerprint density at radius 1 is 0.311 bits per heavy atom. The first-order chi connectivity index (χ1) is 36.6. The van der Waals surface area contributed by atoms with Crippen molar-refractivity contribution in [1.82, 2.24) is 0 Å². The monoisotopic (exact) mass is 1020 g/mol. The zero-order valence-corrected chi connectivity index (χ0v) is 48.1. The number of aliphatic hydroxyl groups excluding tert-OH is 1. The average molecular weight is 1020 g/mol. The van der Waals surface area contributed by atoms with Gasteiger partial charge in [-0.25, -0.2) is 0 Å². The van der Waals surface area contributed by atoms with Gasteiger partial charge in [-0.3, -0.25) is 9.59 Å². The van der Waals surface area contributed by atoms with Gasteiger partial charge in [0.1, 0.15) is 6.61 Å². The van der Waals surface area contributed by atoms with E-state index >= 15 is 0 Å². The van der Waals surface area contributed by atoms with Crippen LogP contribution in [0.1, 0.15) is 271 Å². The third kappa shape index (κ3) is 60.6. The van der Waals surface area contributed by atoms with Crippen molar-refractivity contribution in [2.45, 2.75) is 277 Å². The SMILES string of the molecule is CC/C=C\C/C=C\C/C=C\C/C=C\C/C=C\C/C=C\CCCCCCCCCCCCCCC(=O)OC(CO)COC(=O)CCCCCCCCCCCCCCC/C=C\C/C=C\C/C=C\C/C=C\C/C=C\CC. The molecule has 0 bridgehead atoms. The molecule has 1 atom stereocenters. The van der Waals surface area contributed by atoms with Crippen LogP contribution >= 0.6 is 0 Å². The van der Waals surface area contributed by atoms with Crippen molar-refractivity contribution in [3.8, 4) is 0 Å². The van der Waals surface area contributed by atoms with Gasteiger partial charge in [-0.2, -0.15) is 0 Å². The molecule has 0 radical (unpaired) electrons. The number of unbranched alkanes of at least 4 members (excludes halogenated alkanes) is 25. The summed E-state index contributed by atoms with van der Waals surface area (Å²) < 4.78 is 10.7. The lowest BCUT2D eigenvalue weighted by atomic mass is 10.0. The molecule has 0 aromatic rings. The van der Waals surface area contributed by atoms with Crippen LogP contribution in [0.25, 0.3) is 0 Å². The van der Waals surface area contributed by atoms with Crippen LogP contribution in [0.2, 0.25) is 0 Å². The van der Waals surface area contributed by atoms with Crippen LogP contribution in [0.5, 0.6) is 0 Å². The fourth-order valence-electron chi connectivity index (χ4n) is 8.41. The molecular formula is C69H114O5. The highest BCUT2D eigenvalue weighted by molar-refractivity contribution is 5.70. The number of allylic oxidation sites excluding steroid dienone is 22. The number of rotatable bonds is 55. The summed E-state index contributed by atoms with van der Waals surface area (Å²) in [5, 5.41) is 9.68. The zero-order chi connectivity index (χ0) is 53.4. The second kappa shape index (κ2) is 63.3. The van der Waals surface area contributed by atoms with Crippen molar-refractivity contribution in [2.24, 2.45) is 0 Å². The largest absolute Gasteiger partial charge is 0.462 e. The van der Waals surface area contributed by atoms with Gasteiger partial charge < -0.3 is 14.6 Å². The molecule has 0 aliphatic heterocycles. The predicted molar refractivity (Wildman–Crippen MR) is 324 cm³/mol. The lowest BCUT2D eigenvalue weighted by molar-refractivity contribution is -0.161. The first-order valence-corrected chi connectivity index (χ1v) is 30.7. The van der Waals surface area contributed by atoms with Crippen LogP contribution in [-0.4, -0.2) is 36.4 Å². The predicted octanol–water partition coefficient (Wildman–Crippen LogP) is 21.2. The highest BCUT2D eigenvalue weighted by atomic mass is 16.6. The topological polar surface area (TPSA) is 72.8 Å². The Morgan fingerprint density at radius 3 is 0.811 bits per heavy atom. The Bertz CT molecular complexity index is 1530. The van der Waals surface area contributed by atoms with Crippen molar-refractivity contribution in [3.05, 3.63) is 134 Å². The fraction of sp³-hybridized carbons (Fsp3) is 0.652. The smallest absolute Gasteiger partial charge is 0.306 e.